The maximum absolute atomic E-state index is 14.2. The summed E-state index contributed by atoms with van der Waals surface area (Å²) in [6, 6.07) is 8.82. The van der Waals surface area contributed by atoms with Crippen molar-refractivity contribution >= 4 is 34.9 Å². The van der Waals surface area contributed by atoms with Gasteiger partial charge in [0.15, 0.2) is 5.65 Å². The molecule has 39 heavy (non-hydrogen) atoms. The number of halogens is 5. The lowest BCUT2D eigenvalue weighted by atomic mass is 9.93. The molecule has 2 aliphatic heterocycles. The molecule has 0 aliphatic carbocycles. The van der Waals surface area contributed by atoms with Crippen LogP contribution in [0.3, 0.4) is 0 Å². The monoisotopic (exact) mass is 558 g/mol. The van der Waals surface area contributed by atoms with Crippen molar-refractivity contribution in [1.82, 2.24) is 24.8 Å². The van der Waals surface area contributed by atoms with Crippen LogP contribution in [-0.4, -0.2) is 50.7 Å². The summed E-state index contributed by atoms with van der Waals surface area (Å²) in [5.41, 5.74) is 2.78. The van der Waals surface area contributed by atoms with Crippen LogP contribution in [0.4, 0.5) is 28.0 Å². The molecular formula is C26H19ClF4N6O2. The molecule has 0 saturated carbocycles. The van der Waals surface area contributed by atoms with E-state index in [1.54, 1.807) is 30.5 Å². The largest absolute Gasteiger partial charge is 0.393 e. The highest BCUT2D eigenvalue weighted by Crippen LogP contribution is 2.42. The van der Waals surface area contributed by atoms with E-state index in [1.807, 2.05) is 0 Å². The number of aromatic nitrogens is 3. The first-order valence-electron chi connectivity index (χ1n) is 11.9. The Hall–Kier alpha value is -4.19. The number of hydrogen-bond donors (Lipinski definition) is 2. The molecule has 8 nitrogen and oxygen atoms in total. The maximum atomic E-state index is 14.2. The molecule has 2 aromatic heterocycles. The van der Waals surface area contributed by atoms with E-state index in [2.05, 4.69) is 20.7 Å². The van der Waals surface area contributed by atoms with Crippen molar-refractivity contribution in [2.45, 2.75) is 18.6 Å². The summed E-state index contributed by atoms with van der Waals surface area (Å²) in [5.74, 6) is -2.67. The molecule has 0 spiro atoms. The van der Waals surface area contributed by atoms with Gasteiger partial charge in [-0.25, -0.2) is 18.7 Å². The minimum atomic E-state index is -4.41. The van der Waals surface area contributed by atoms with Gasteiger partial charge in [0.25, 0.3) is 5.91 Å². The van der Waals surface area contributed by atoms with Crippen LogP contribution in [0.5, 0.6) is 0 Å². The molecule has 1 saturated heterocycles. The van der Waals surface area contributed by atoms with Crippen LogP contribution < -0.4 is 10.6 Å². The van der Waals surface area contributed by atoms with Gasteiger partial charge in [-0.2, -0.15) is 18.3 Å². The van der Waals surface area contributed by atoms with Gasteiger partial charge in [-0.05, 0) is 54.4 Å². The Morgan fingerprint density at radius 1 is 1.13 bits per heavy atom. The highest BCUT2D eigenvalue weighted by Gasteiger charge is 2.45. The number of likely N-dealkylation sites (tertiary alicyclic amines) is 1. The fourth-order valence-electron chi connectivity index (χ4n) is 5.07. The number of amides is 3. The fraction of sp³-hybridized carbons (Fsp3) is 0.231. The minimum Gasteiger partial charge on any atom is -0.341 e. The number of carbonyl (C=O) groups is 2. The third-order valence-electron chi connectivity index (χ3n) is 7.05. The first-order valence-corrected chi connectivity index (χ1v) is 12.3. The average molecular weight is 559 g/mol. The zero-order valence-electron chi connectivity index (χ0n) is 20.0. The second kappa shape index (κ2) is 9.23. The second-order valence-electron chi connectivity index (χ2n) is 9.44. The number of carbonyl (C=O) groups excluding carboxylic acids is 2. The predicted molar refractivity (Wildman–Crippen MR) is 134 cm³/mol. The Balaban J connectivity index is 1.44. The van der Waals surface area contributed by atoms with E-state index in [9.17, 15) is 27.2 Å². The van der Waals surface area contributed by atoms with Crippen LogP contribution in [0.1, 0.15) is 33.9 Å². The highest BCUT2D eigenvalue weighted by molar-refractivity contribution is 6.31. The first-order chi connectivity index (χ1) is 18.6. The molecule has 0 bridgehead atoms. The van der Waals surface area contributed by atoms with Crippen LogP contribution in [0.15, 0.2) is 55.0 Å². The van der Waals surface area contributed by atoms with Crippen LogP contribution in [-0.2, 0) is 0 Å². The highest BCUT2D eigenvalue weighted by atomic mass is 35.5. The van der Waals surface area contributed by atoms with E-state index >= 15 is 0 Å². The van der Waals surface area contributed by atoms with Gasteiger partial charge in [0.1, 0.15) is 12.1 Å². The number of alkyl halides is 3. The maximum Gasteiger partial charge on any atom is 0.393 e. The van der Waals surface area contributed by atoms with Crippen LogP contribution >= 0.6 is 11.6 Å². The SMILES string of the molecule is O=C1NC(c2cc(F)ccc2Cl)c2c(NC(=O)N3CCC(C(F)(F)F)C3)cc(-c3ccc4ncnn4c3)cc21. The zero-order chi connectivity index (χ0) is 27.5. The number of rotatable bonds is 3. The van der Waals surface area contributed by atoms with E-state index in [0.29, 0.717) is 22.3 Å². The fourth-order valence-corrected chi connectivity index (χ4v) is 5.29. The van der Waals surface area contributed by atoms with Crippen molar-refractivity contribution in [3.63, 3.8) is 0 Å². The summed E-state index contributed by atoms with van der Waals surface area (Å²) in [4.78, 5) is 31.5. The molecule has 2 aliphatic rings. The first kappa shape index (κ1) is 25.1. The number of anilines is 1. The molecular weight excluding hydrogens is 540 g/mol. The van der Waals surface area contributed by atoms with Crippen molar-refractivity contribution in [1.29, 1.82) is 0 Å². The van der Waals surface area contributed by atoms with E-state index in [0.717, 1.165) is 4.90 Å². The van der Waals surface area contributed by atoms with E-state index in [-0.39, 0.29) is 34.8 Å². The summed E-state index contributed by atoms with van der Waals surface area (Å²) >= 11 is 6.35. The number of benzene rings is 2. The van der Waals surface area contributed by atoms with Gasteiger partial charge in [-0.3, -0.25) is 4.79 Å². The Kier molecular flexibility index (Phi) is 5.94. The van der Waals surface area contributed by atoms with Gasteiger partial charge < -0.3 is 15.5 Å². The standard InChI is InChI=1S/C26H19ClF4N6O2/c27-19-3-2-16(28)9-17(19)23-22-18(24(38)35-23)7-14(13-1-4-21-32-12-33-37(21)10-13)8-20(22)34-25(39)36-6-5-15(11-36)26(29,30)31/h1-4,7-10,12,15,23H,5-6,11H2,(H,34,39)(H,35,38). The van der Waals surface area contributed by atoms with E-state index in [1.165, 1.54) is 29.0 Å². The molecule has 6 rings (SSSR count). The lowest BCUT2D eigenvalue weighted by molar-refractivity contribution is -0.169. The number of nitrogens with one attached hydrogen (secondary N) is 2. The molecule has 4 aromatic rings. The summed E-state index contributed by atoms with van der Waals surface area (Å²) < 4.78 is 55.4. The van der Waals surface area contributed by atoms with E-state index in [4.69, 9.17) is 11.6 Å². The normalized spacial score (nSPS) is 18.9. The van der Waals surface area contributed by atoms with Crippen molar-refractivity contribution in [3.05, 3.63) is 82.5 Å². The zero-order valence-corrected chi connectivity index (χ0v) is 20.7. The lowest BCUT2D eigenvalue weighted by Gasteiger charge is -2.22. The van der Waals surface area contributed by atoms with Crippen molar-refractivity contribution in [2.75, 3.05) is 18.4 Å². The Bertz CT molecular complexity index is 1640. The summed E-state index contributed by atoms with van der Waals surface area (Å²) in [6.07, 6.45) is -1.53. The molecule has 2 N–H and O–H groups in total. The average Bonchev–Trinajstić information content (AvgIpc) is 3.64. The third kappa shape index (κ3) is 4.54. The molecule has 0 radical (unpaired) electrons. The van der Waals surface area contributed by atoms with Crippen LogP contribution in [0.2, 0.25) is 5.02 Å². The molecule has 2 atom stereocenters. The molecule has 4 heterocycles. The molecule has 13 heteroatoms. The Morgan fingerprint density at radius 2 is 1.95 bits per heavy atom. The van der Waals surface area contributed by atoms with Gasteiger partial charge in [-0.1, -0.05) is 11.6 Å². The van der Waals surface area contributed by atoms with Gasteiger partial charge in [0, 0.05) is 52.3 Å². The topological polar surface area (TPSA) is 91.6 Å². The molecule has 2 aromatic carbocycles. The summed E-state index contributed by atoms with van der Waals surface area (Å²) in [7, 11) is 0. The summed E-state index contributed by atoms with van der Waals surface area (Å²) in [6.45, 7) is -0.548. The number of nitrogens with zero attached hydrogens (tertiary/aromatic N) is 4. The van der Waals surface area contributed by atoms with Crippen LogP contribution in [0.25, 0.3) is 16.8 Å². The number of urea groups is 1. The number of pyridine rings is 1. The molecule has 3 amide bonds. The minimum absolute atomic E-state index is 0.0722. The van der Waals surface area contributed by atoms with Crippen molar-refractivity contribution < 1.29 is 27.2 Å². The Labute approximate surface area is 223 Å². The smallest absolute Gasteiger partial charge is 0.341 e. The van der Waals surface area contributed by atoms with Gasteiger partial charge in [-0.15, -0.1) is 0 Å². The van der Waals surface area contributed by atoms with E-state index < -0.39 is 42.4 Å². The third-order valence-corrected chi connectivity index (χ3v) is 7.39. The van der Waals surface area contributed by atoms with Crippen molar-refractivity contribution in [3.8, 4) is 11.1 Å². The predicted octanol–water partition coefficient (Wildman–Crippen LogP) is 5.44. The van der Waals surface area contributed by atoms with Crippen LogP contribution in [0, 0.1) is 11.7 Å². The molecule has 1 fully saturated rings. The molecule has 200 valence electrons. The Morgan fingerprint density at radius 3 is 2.72 bits per heavy atom. The van der Waals surface area contributed by atoms with Gasteiger partial charge >= 0.3 is 12.2 Å². The quantitative estimate of drug-likeness (QED) is 0.328. The number of hydrogen-bond acceptors (Lipinski definition) is 4. The number of fused-ring (bicyclic) bond motifs is 2. The molecule has 2 unspecified atom stereocenters. The van der Waals surface area contributed by atoms with Gasteiger partial charge in [0.05, 0.1) is 12.0 Å². The van der Waals surface area contributed by atoms with Crippen molar-refractivity contribution in [2.24, 2.45) is 5.92 Å². The summed E-state index contributed by atoms with van der Waals surface area (Å²) in [5, 5.41) is 9.81. The lowest BCUT2D eigenvalue weighted by Crippen LogP contribution is -2.35. The van der Waals surface area contributed by atoms with Gasteiger partial charge in [0.2, 0.25) is 0 Å². The second-order valence-corrected chi connectivity index (χ2v) is 9.85.